The second-order valence-electron chi connectivity index (χ2n) is 7.48. The second-order valence-corrected chi connectivity index (χ2v) is 9.25. The van der Waals surface area contributed by atoms with E-state index >= 15 is 0 Å². The minimum atomic E-state index is -3.58. The molecule has 0 radical (unpaired) electrons. The van der Waals surface area contributed by atoms with Gasteiger partial charge in [-0.2, -0.15) is 0 Å². The van der Waals surface area contributed by atoms with Gasteiger partial charge >= 0.3 is 0 Å². The van der Waals surface area contributed by atoms with Crippen molar-refractivity contribution in [1.82, 2.24) is 14.9 Å². The van der Waals surface area contributed by atoms with Crippen LogP contribution in [0.4, 0.5) is 0 Å². The number of sulfonamides is 1. The lowest BCUT2D eigenvalue weighted by Crippen LogP contribution is -2.39. The zero-order valence-corrected chi connectivity index (χ0v) is 17.6. The maximum absolute atomic E-state index is 12.3. The Kier molecular flexibility index (Phi) is 8.26. The van der Waals surface area contributed by atoms with E-state index < -0.39 is 10.0 Å². The average Bonchev–Trinajstić information content (AvgIpc) is 2.62. The molecule has 0 saturated carbocycles. The van der Waals surface area contributed by atoms with E-state index in [1.54, 1.807) is 18.2 Å². The lowest BCUT2D eigenvalue weighted by molar-refractivity contribution is -0.120. The largest absolute Gasteiger partial charge is 0.356 e. The van der Waals surface area contributed by atoms with E-state index in [-0.39, 0.29) is 23.8 Å². The molecular formula is C20H33N3O3S. The number of carbonyl (C=O) groups is 1. The maximum Gasteiger partial charge on any atom is 0.240 e. The molecule has 2 rings (SSSR count). The quantitative estimate of drug-likeness (QED) is 0.629. The number of piperidine rings is 1. The molecule has 0 aromatic heterocycles. The number of rotatable bonds is 9. The van der Waals surface area contributed by atoms with Gasteiger partial charge in [0, 0.05) is 32.1 Å². The second kappa shape index (κ2) is 10.2. The molecule has 1 aromatic carbocycles. The highest BCUT2D eigenvalue weighted by Gasteiger charge is 2.17. The normalized spacial score (nSPS) is 18.4. The fourth-order valence-corrected chi connectivity index (χ4v) is 4.47. The molecule has 0 unspecified atom stereocenters. The summed E-state index contributed by atoms with van der Waals surface area (Å²) in [6.45, 7) is 8.97. The monoisotopic (exact) mass is 395 g/mol. The summed E-state index contributed by atoms with van der Waals surface area (Å²) >= 11 is 0. The van der Waals surface area contributed by atoms with Crippen LogP contribution in [0.5, 0.6) is 0 Å². The van der Waals surface area contributed by atoms with Crippen LogP contribution in [0.25, 0.3) is 0 Å². The van der Waals surface area contributed by atoms with Crippen LogP contribution in [-0.2, 0) is 14.8 Å². The van der Waals surface area contributed by atoms with Gasteiger partial charge < -0.3 is 10.2 Å². The number of nitrogens with zero attached hydrogens (tertiary/aromatic N) is 1. The van der Waals surface area contributed by atoms with Gasteiger partial charge in [-0.05, 0) is 69.8 Å². The zero-order valence-electron chi connectivity index (χ0n) is 16.8. The van der Waals surface area contributed by atoms with Crippen molar-refractivity contribution in [1.29, 1.82) is 0 Å². The van der Waals surface area contributed by atoms with E-state index in [0.29, 0.717) is 12.6 Å². The summed E-state index contributed by atoms with van der Waals surface area (Å²) in [6.07, 6.45) is 4.89. The lowest BCUT2D eigenvalue weighted by Gasteiger charge is -2.33. The third kappa shape index (κ3) is 6.90. The molecule has 7 heteroatoms. The van der Waals surface area contributed by atoms with Crippen molar-refractivity contribution in [2.45, 2.75) is 63.8 Å². The summed E-state index contributed by atoms with van der Waals surface area (Å²) in [6, 6.07) is 5.67. The molecule has 0 bridgehead atoms. The minimum Gasteiger partial charge on any atom is -0.356 e. The van der Waals surface area contributed by atoms with Gasteiger partial charge in [-0.1, -0.05) is 12.5 Å². The summed E-state index contributed by atoms with van der Waals surface area (Å²) in [4.78, 5) is 14.6. The molecule has 152 valence electrons. The van der Waals surface area contributed by atoms with Gasteiger partial charge in [0.15, 0.2) is 0 Å². The van der Waals surface area contributed by atoms with Gasteiger partial charge in [0.2, 0.25) is 15.9 Å². The van der Waals surface area contributed by atoms with Gasteiger partial charge in [0.25, 0.3) is 0 Å². The molecule has 2 N–H and O–H groups in total. The van der Waals surface area contributed by atoms with Crippen molar-refractivity contribution >= 4 is 15.9 Å². The number of hydrogen-bond acceptors (Lipinski definition) is 4. The summed E-state index contributed by atoms with van der Waals surface area (Å²) in [5.74, 6) is -0.121. The molecule has 1 heterocycles. The number of aryl methyl sites for hydroxylation is 2. The molecule has 1 saturated heterocycles. The molecular weight excluding hydrogens is 362 g/mol. The predicted octanol–water partition coefficient (Wildman–Crippen LogP) is 2.35. The third-order valence-corrected chi connectivity index (χ3v) is 6.78. The molecule has 1 amide bonds. The summed E-state index contributed by atoms with van der Waals surface area (Å²) in [5, 5.41) is 2.88. The van der Waals surface area contributed by atoms with Crippen LogP contribution >= 0.6 is 0 Å². The standard InChI is InChI=1S/C20H33N3O3S/c1-16-8-9-19(15-17(16)2)27(25,26)22-12-10-20(24)21-11-6-14-23-13-5-4-7-18(23)3/h8-9,15,18,22H,4-7,10-14H2,1-3H3,(H,21,24)/t18-/m0/s1. The van der Waals surface area contributed by atoms with Crippen LogP contribution in [-0.4, -0.2) is 51.4 Å². The van der Waals surface area contributed by atoms with Gasteiger partial charge in [-0.25, -0.2) is 13.1 Å². The van der Waals surface area contributed by atoms with E-state index in [1.165, 1.54) is 19.3 Å². The van der Waals surface area contributed by atoms with Crippen LogP contribution in [0.15, 0.2) is 23.1 Å². The van der Waals surface area contributed by atoms with Gasteiger partial charge in [0.1, 0.15) is 0 Å². The van der Waals surface area contributed by atoms with Gasteiger partial charge in [0.05, 0.1) is 4.90 Å². The predicted molar refractivity (Wildman–Crippen MR) is 108 cm³/mol. The van der Waals surface area contributed by atoms with Gasteiger partial charge in [-0.15, -0.1) is 0 Å². The SMILES string of the molecule is Cc1ccc(S(=O)(=O)NCCC(=O)NCCCN2CCCC[C@@H]2C)cc1C. The Morgan fingerprint density at radius 1 is 1.19 bits per heavy atom. The molecule has 1 atom stereocenters. The number of likely N-dealkylation sites (tertiary alicyclic amines) is 1. The average molecular weight is 396 g/mol. The minimum absolute atomic E-state index is 0.101. The summed E-state index contributed by atoms with van der Waals surface area (Å²) < 4.78 is 27.1. The van der Waals surface area contributed by atoms with Crippen LogP contribution in [0.3, 0.4) is 0 Å². The molecule has 6 nitrogen and oxygen atoms in total. The fraction of sp³-hybridized carbons (Fsp3) is 0.650. The molecule has 1 aliphatic heterocycles. The van der Waals surface area contributed by atoms with E-state index in [2.05, 4.69) is 21.9 Å². The van der Waals surface area contributed by atoms with E-state index in [1.807, 2.05) is 13.8 Å². The molecule has 0 aliphatic carbocycles. The fourth-order valence-electron chi connectivity index (χ4n) is 3.35. The first kappa shape index (κ1) is 21.9. The lowest BCUT2D eigenvalue weighted by atomic mass is 10.0. The van der Waals surface area contributed by atoms with Crippen molar-refractivity contribution in [3.8, 4) is 0 Å². The van der Waals surface area contributed by atoms with Gasteiger partial charge in [-0.3, -0.25) is 4.79 Å². The summed E-state index contributed by atoms with van der Waals surface area (Å²) in [5.41, 5.74) is 1.98. The maximum atomic E-state index is 12.3. The van der Waals surface area contributed by atoms with E-state index in [9.17, 15) is 13.2 Å². The van der Waals surface area contributed by atoms with Crippen LogP contribution in [0.2, 0.25) is 0 Å². The molecule has 27 heavy (non-hydrogen) atoms. The molecule has 1 aliphatic rings. The van der Waals surface area contributed by atoms with Crippen molar-refractivity contribution in [2.24, 2.45) is 0 Å². The number of nitrogens with one attached hydrogen (secondary N) is 2. The summed E-state index contributed by atoms with van der Waals surface area (Å²) in [7, 11) is -3.58. The zero-order chi connectivity index (χ0) is 19.9. The van der Waals surface area contributed by atoms with Crippen LogP contribution in [0.1, 0.15) is 50.2 Å². The van der Waals surface area contributed by atoms with Crippen LogP contribution < -0.4 is 10.0 Å². The highest BCUT2D eigenvalue weighted by atomic mass is 32.2. The Morgan fingerprint density at radius 3 is 2.67 bits per heavy atom. The first-order valence-corrected chi connectivity index (χ1v) is 11.4. The van der Waals surface area contributed by atoms with Crippen LogP contribution in [0, 0.1) is 13.8 Å². The first-order valence-electron chi connectivity index (χ1n) is 9.87. The van der Waals surface area contributed by atoms with Crippen molar-refractivity contribution in [3.63, 3.8) is 0 Å². The Labute approximate surface area is 163 Å². The Balaban J connectivity index is 1.65. The topological polar surface area (TPSA) is 78.5 Å². The van der Waals surface area contributed by atoms with E-state index in [0.717, 1.165) is 30.6 Å². The Hall–Kier alpha value is -1.44. The Bertz CT molecular complexity index is 734. The van der Waals surface area contributed by atoms with E-state index in [4.69, 9.17) is 0 Å². The molecule has 0 spiro atoms. The Morgan fingerprint density at radius 2 is 1.96 bits per heavy atom. The highest BCUT2D eigenvalue weighted by molar-refractivity contribution is 7.89. The van der Waals surface area contributed by atoms with Crippen molar-refractivity contribution < 1.29 is 13.2 Å². The number of amides is 1. The number of benzene rings is 1. The smallest absolute Gasteiger partial charge is 0.240 e. The molecule has 1 aromatic rings. The van der Waals surface area contributed by atoms with Crippen molar-refractivity contribution in [2.75, 3.05) is 26.2 Å². The third-order valence-electron chi connectivity index (χ3n) is 5.32. The number of hydrogen-bond donors (Lipinski definition) is 2. The first-order chi connectivity index (χ1) is 12.8. The highest BCUT2D eigenvalue weighted by Crippen LogP contribution is 2.16. The molecule has 1 fully saturated rings. The number of carbonyl (C=O) groups excluding carboxylic acids is 1. The van der Waals surface area contributed by atoms with Crippen molar-refractivity contribution in [3.05, 3.63) is 29.3 Å².